The van der Waals surface area contributed by atoms with Crippen molar-refractivity contribution in [1.82, 2.24) is 0 Å². The standard InChI is InChI=1S/C11H14O3/c1-13-10-6-3-9(4-7-10)5-8-11(12)14-2/h3-8,11-12H,1-2H3. The number of hydrogen-bond acceptors (Lipinski definition) is 3. The van der Waals surface area contributed by atoms with Gasteiger partial charge in [-0.15, -0.1) is 0 Å². The Morgan fingerprint density at radius 3 is 2.36 bits per heavy atom. The van der Waals surface area contributed by atoms with E-state index in [1.807, 2.05) is 24.3 Å². The first-order valence-electron chi connectivity index (χ1n) is 4.29. The maximum atomic E-state index is 9.09. The van der Waals surface area contributed by atoms with Crippen LogP contribution in [0.3, 0.4) is 0 Å². The number of aliphatic hydroxyl groups excluding tert-OH is 1. The highest BCUT2D eigenvalue weighted by Crippen LogP contribution is 2.12. The van der Waals surface area contributed by atoms with Gasteiger partial charge in [-0.25, -0.2) is 0 Å². The zero-order valence-corrected chi connectivity index (χ0v) is 8.31. The molecule has 1 aromatic rings. The molecule has 1 rings (SSSR count). The van der Waals surface area contributed by atoms with Gasteiger partial charge in [0.25, 0.3) is 0 Å². The largest absolute Gasteiger partial charge is 0.497 e. The van der Waals surface area contributed by atoms with E-state index < -0.39 is 6.29 Å². The zero-order chi connectivity index (χ0) is 10.4. The first kappa shape index (κ1) is 10.8. The van der Waals surface area contributed by atoms with Gasteiger partial charge in [0.2, 0.25) is 0 Å². The van der Waals surface area contributed by atoms with Gasteiger partial charge >= 0.3 is 0 Å². The van der Waals surface area contributed by atoms with Gasteiger partial charge in [0.1, 0.15) is 5.75 Å². The lowest BCUT2D eigenvalue weighted by molar-refractivity contribution is -0.0350. The first-order valence-corrected chi connectivity index (χ1v) is 4.29. The fraction of sp³-hybridized carbons (Fsp3) is 0.273. The van der Waals surface area contributed by atoms with Crippen molar-refractivity contribution in [2.45, 2.75) is 6.29 Å². The first-order chi connectivity index (χ1) is 6.76. The minimum atomic E-state index is -0.850. The molecule has 14 heavy (non-hydrogen) atoms. The van der Waals surface area contributed by atoms with E-state index in [4.69, 9.17) is 9.84 Å². The summed E-state index contributed by atoms with van der Waals surface area (Å²) in [5.41, 5.74) is 0.988. The van der Waals surface area contributed by atoms with Crippen LogP contribution in [0.5, 0.6) is 5.75 Å². The number of rotatable bonds is 4. The summed E-state index contributed by atoms with van der Waals surface area (Å²) < 4.78 is 9.68. The maximum Gasteiger partial charge on any atom is 0.174 e. The smallest absolute Gasteiger partial charge is 0.174 e. The van der Waals surface area contributed by atoms with Crippen LogP contribution in [0.2, 0.25) is 0 Å². The molecule has 0 aliphatic rings. The summed E-state index contributed by atoms with van der Waals surface area (Å²) in [6.45, 7) is 0. The number of hydrogen-bond donors (Lipinski definition) is 1. The third kappa shape index (κ3) is 3.20. The van der Waals surface area contributed by atoms with Crippen molar-refractivity contribution in [1.29, 1.82) is 0 Å². The predicted molar refractivity (Wildman–Crippen MR) is 55.0 cm³/mol. The minimum absolute atomic E-state index is 0.814. The van der Waals surface area contributed by atoms with Gasteiger partial charge in [0.15, 0.2) is 6.29 Å². The van der Waals surface area contributed by atoms with Crippen LogP contribution in [0.25, 0.3) is 6.08 Å². The molecule has 0 aromatic heterocycles. The monoisotopic (exact) mass is 194 g/mol. The second-order valence-corrected chi connectivity index (χ2v) is 2.76. The Kier molecular flexibility index (Phi) is 4.16. The average Bonchev–Trinajstić information content (AvgIpc) is 2.26. The lowest BCUT2D eigenvalue weighted by Crippen LogP contribution is -2.03. The van der Waals surface area contributed by atoms with Gasteiger partial charge in [-0.1, -0.05) is 18.2 Å². The van der Waals surface area contributed by atoms with Crippen LogP contribution in [0.15, 0.2) is 30.3 Å². The maximum absolute atomic E-state index is 9.09. The van der Waals surface area contributed by atoms with Gasteiger partial charge in [-0.05, 0) is 23.8 Å². The molecule has 0 radical (unpaired) electrons. The lowest BCUT2D eigenvalue weighted by Gasteiger charge is -2.01. The highest BCUT2D eigenvalue weighted by Gasteiger charge is 1.93. The molecular weight excluding hydrogens is 180 g/mol. The van der Waals surface area contributed by atoms with Gasteiger partial charge < -0.3 is 14.6 Å². The van der Waals surface area contributed by atoms with Gasteiger partial charge in [-0.3, -0.25) is 0 Å². The van der Waals surface area contributed by atoms with Crippen molar-refractivity contribution in [3.8, 4) is 5.75 Å². The van der Waals surface area contributed by atoms with Crippen molar-refractivity contribution >= 4 is 6.08 Å². The quantitative estimate of drug-likeness (QED) is 0.741. The Morgan fingerprint density at radius 1 is 1.21 bits per heavy atom. The van der Waals surface area contributed by atoms with Crippen LogP contribution in [0.4, 0.5) is 0 Å². The van der Waals surface area contributed by atoms with Crippen LogP contribution in [0.1, 0.15) is 5.56 Å². The topological polar surface area (TPSA) is 38.7 Å². The molecule has 0 fully saturated rings. The van der Waals surface area contributed by atoms with Crippen LogP contribution < -0.4 is 4.74 Å². The van der Waals surface area contributed by atoms with E-state index in [-0.39, 0.29) is 0 Å². The average molecular weight is 194 g/mol. The van der Waals surface area contributed by atoms with Gasteiger partial charge in [-0.2, -0.15) is 0 Å². The summed E-state index contributed by atoms with van der Waals surface area (Å²) in [6, 6.07) is 7.52. The van der Waals surface area contributed by atoms with Crippen LogP contribution >= 0.6 is 0 Å². The molecule has 3 heteroatoms. The highest BCUT2D eigenvalue weighted by molar-refractivity contribution is 5.50. The second kappa shape index (κ2) is 5.42. The summed E-state index contributed by atoms with van der Waals surface area (Å²) in [4.78, 5) is 0. The molecule has 0 spiro atoms. The second-order valence-electron chi connectivity index (χ2n) is 2.76. The molecule has 1 unspecified atom stereocenters. The summed E-state index contributed by atoms with van der Waals surface area (Å²) in [7, 11) is 3.07. The molecule has 1 atom stereocenters. The lowest BCUT2D eigenvalue weighted by atomic mass is 10.2. The summed E-state index contributed by atoms with van der Waals surface area (Å²) in [5.74, 6) is 0.814. The Bertz CT molecular complexity index is 290. The number of ether oxygens (including phenoxy) is 2. The molecule has 0 aliphatic heterocycles. The third-order valence-corrected chi connectivity index (χ3v) is 1.81. The molecule has 0 bridgehead atoms. The number of methoxy groups -OCH3 is 2. The summed E-state index contributed by atoms with van der Waals surface area (Å²) >= 11 is 0. The molecule has 0 heterocycles. The molecule has 76 valence electrons. The third-order valence-electron chi connectivity index (χ3n) is 1.81. The van der Waals surface area contributed by atoms with Crippen molar-refractivity contribution < 1.29 is 14.6 Å². The van der Waals surface area contributed by atoms with Gasteiger partial charge in [0.05, 0.1) is 7.11 Å². The summed E-state index contributed by atoms with van der Waals surface area (Å²) in [6.07, 6.45) is 2.51. The van der Waals surface area contributed by atoms with E-state index in [0.29, 0.717) is 0 Å². The number of aliphatic hydroxyl groups is 1. The Hall–Kier alpha value is -1.32. The van der Waals surface area contributed by atoms with E-state index >= 15 is 0 Å². The molecule has 1 aromatic carbocycles. The molecule has 0 amide bonds. The number of benzene rings is 1. The SMILES string of the molecule is COc1ccc(C=CC(O)OC)cc1. The fourth-order valence-corrected chi connectivity index (χ4v) is 0.987. The van der Waals surface area contributed by atoms with Crippen molar-refractivity contribution in [3.63, 3.8) is 0 Å². The van der Waals surface area contributed by atoms with E-state index in [1.54, 1.807) is 19.3 Å². The predicted octanol–water partition coefficient (Wildman–Crippen LogP) is 1.67. The minimum Gasteiger partial charge on any atom is -0.497 e. The molecule has 0 aliphatic carbocycles. The van der Waals surface area contributed by atoms with Crippen LogP contribution in [-0.2, 0) is 4.74 Å². The highest BCUT2D eigenvalue weighted by atomic mass is 16.6. The Balaban J connectivity index is 2.64. The molecule has 1 N–H and O–H groups in total. The van der Waals surface area contributed by atoms with E-state index in [0.717, 1.165) is 11.3 Å². The molecule has 0 saturated heterocycles. The zero-order valence-electron chi connectivity index (χ0n) is 8.31. The van der Waals surface area contributed by atoms with Crippen molar-refractivity contribution in [3.05, 3.63) is 35.9 Å². The van der Waals surface area contributed by atoms with E-state index in [9.17, 15) is 0 Å². The van der Waals surface area contributed by atoms with Crippen molar-refractivity contribution in [2.75, 3.05) is 14.2 Å². The summed E-state index contributed by atoms with van der Waals surface area (Å²) in [5, 5.41) is 9.09. The fourth-order valence-electron chi connectivity index (χ4n) is 0.987. The van der Waals surface area contributed by atoms with Crippen LogP contribution in [-0.4, -0.2) is 25.6 Å². The van der Waals surface area contributed by atoms with Gasteiger partial charge in [0, 0.05) is 7.11 Å². The molecular formula is C11H14O3. The molecule has 0 saturated carbocycles. The van der Waals surface area contributed by atoms with Crippen LogP contribution in [0, 0.1) is 0 Å². The Labute approximate surface area is 83.6 Å². The van der Waals surface area contributed by atoms with E-state index in [2.05, 4.69) is 4.74 Å². The van der Waals surface area contributed by atoms with Crippen molar-refractivity contribution in [2.24, 2.45) is 0 Å². The Morgan fingerprint density at radius 2 is 1.86 bits per heavy atom. The normalized spacial score (nSPS) is 13.1. The van der Waals surface area contributed by atoms with E-state index in [1.165, 1.54) is 7.11 Å². The molecule has 3 nitrogen and oxygen atoms in total.